The number of hydrogen-bond donors (Lipinski definition) is 1. The molecular formula is C15H21NO2S. The summed E-state index contributed by atoms with van der Waals surface area (Å²) in [6, 6.07) is 4.22. The highest BCUT2D eigenvalue weighted by Crippen LogP contribution is 2.20. The van der Waals surface area contributed by atoms with Gasteiger partial charge in [-0.05, 0) is 26.0 Å². The molecule has 0 radical (unpaired) electrons. The van der Waals surface area contributed by atoms with Crippen molar-refractivity contribution in [1.82, 2.24) is 4.90 Å². The Balaban J connectivity index is 1.91. The topological polar surface area (TPSA) is 32.7 Å². The molecule has 2 heterocycles. The van der Waals surface area contributed by atoms with E-state index in [1.54, 1.807) is 11.3 Å². The highest BCUT2D eigenvalue weighted by Gasteiger charge is 2.22. The van der Waals surface area contributed by atoms with Crippen LogP contribution in [0, 0.1) is 11.8 Å². The minimum atomic E-state index is 0.134. The Morgan fingerprint density at radius 1 is 1.37 bits per heavy atom. The first kappa shape index (κ1) is 14.5. The molecule has 1 aliphatic heterocycles. The number of aliphatic hydroxyl groups is 1. The van der Waals surface area contributed by atoms with Crippen molar-refractivity contribution in [3.05, 3.63) is 21.9 Å². The van der Waals surface area contributed by atoms with Gasteiger partial charge in [0, 0.05) is 30.9 Å². The number of morpholine rings is 1. The van der Waals surface area contributed by atoms with Crippen LogP contribution in [0.3, 0.4) is 0 Å². The largest absolute Gasteiger partial charge is 0.395 e. The van der Waals surface area contributed by atoms with E-state index in [9.17, 15) is 0 Å². The zero-order valence-electron chi connectivity index (χ0n) is 11.6. The Kier molecular flexibility index (Phi) is 5.41. The molecule has 0 saturated carbocycles. The SMILES string of the molecule is CC1CN(Cc2ccc(C#CCCO)s2)CC(C)O1. The standard InChI is InChI=1S/C15H21NO2S/c1-12-9-16(10-13(2)18-12)11-15-7-6-14(19-15)5-3-4-8-17/h6-7,12-13,17H,4,8-11H2,1-2H3. The summed E-state index contributed by atoms with van der Waals surface area (Å²) < 4.78 is 5.74. The van der Waals surface area contributed by atoms with Crippen LogP contribution >= 0.6 is 11.3 Å². The van der Waals surface area contributed by atoms with Crippen LogP contribution in [-0.4, -0.2) is 41.9 Å². The third kappa shape index (κ3) is 4.63. The Morgan fingerprint density at radius 3 is 2.79 bits per heavy atom. The van der Waals surface area contributed by atoms with Gasteiger partial charge in [-0.15, -0.1) is 11.3 Å². The van der Waals surface area contributed by atoms with Gasteiger partial charge in [0.15, 0.2) is 0 Å². The minimum Gasteiger partial charge on any atom is -0.395 e. The lowest BCUT2D eigenvalue weighted by molar-refractivity contribution is -0.0702. The molecule has 0 bridgehead atoms. The Labute approximate surface area is 119 Å². The van der Waals surface area contributed by atoms with E-state index in [0.717, 1.165) is 24.5 Å². The molecule has 2 unspecified atom stereocenters. The fourth-order valence-corrected chi connectivity index (χ4v) is 3.29. The zero-order chi connectivity index (χ0) is 13.7. The van der Waals surface area contributed by atoms with Gasteiger partial charge in [0.1, 0.15) is 0 Å². The van der Waals surface area contributed by atoms with E-state index in [0.29, 0.717) is 18.6 Å². The molecule has 0 aromatic carbocycles. The second-order valence-corrected chi connectivity index (χ2v) is 6.16. The fraction of sp³-hybridized carbons (Fsp3) is 0.600. The summed E-state index contributed by atoms with van der Waals surface area (Å²) in [7, 11) is 0. The Bertz CT molecular complexity index is 450. The van der Waals surface area contributed by atoms with Crippen molar-refractivity contribution < 1.29 is 9.84 Å². The van der Waals surface area contributed by atoms with E-state index in [4.69, 9.17) is 9.84 Å². The van der Waals surface area contributed by atoms with Gasteiger partial charge in [0.25, 0.3) is 0 Å². The predicted octanol–water partition coefficient (Wildman–Crippen LogP) is 2.09. The summed E-state index contributed by atoms with van der Waals surface area (Å²) in [6.45, 7) is 7.35. The maximum absolute atomic E-state index is 8.70. The molecule has 0 aliphatic carbocycles. The summed E-state index contributed by atoms with van der Waals surface area (Å²) in [6.07, 6.45) is 1.17. The molecule has 1 aromatic heterocycles. The highest BCUT2D eigenvalue weighted by atomic mass is 32.1. The summed E-state index contributed by atoms with van der Waals surface area (Å²) in [5.41, 5.74) is 0. The summed E-state index contributed by atoms with van der Waals surface area (Å²) >= 11 is 1.74. The molecule has 2 atom stereocenters. The summed E-state index contributed by atoms with van der Waals surface area (Å²) in [5, 5.41) is 8.70. The van der Waals surface area contributed by atoms with Crippen LogP contribution in [0.4, 0.5) is 0 Å². The predicted molar refractivity (Wildman–Crippen MR) is 78.2 cm³/mol. The van der Waals surface area contributed by atoms with E-state index >= 15 is 0 Å². The smallest absolute Gasteiger partial charge is 0.0771 e. The van der Waals surface area contributed by atoms with Crippen molar-refractivity contribution in [1.29, 1.82) is 0 Å². The lowest BCUT2D eigenvalue weighted by Gasteiger charge is -2.34. The molecular weight excluding hydrogens is 258 g/mol. The van der Waals surface area contributed by atoms with E-state index in [1.165, 1.54) is 4.88 Å². The van der Waals surface area contributed by atoms with Crippen LogP contribution in [0.5, 0.6) is 0 Å². The quantitative estimate of drug-likeness (QED) is 0.860. The molecule has 1 saturated heterocycles. The van der Waals surface area contributed by atoms with Crippen molar-refractivity contribution >= 4 is 11.3 Å². The van der Waals surface area contributed by atoms with Crippen LogP contribution in [0.25, 0.3) is 0 Å². The lowest BCUT2D eigenvalue weighted by atomic mass is 10.2. The van der Waals surface area contributed by atoms with Crippen molar-refractivity contribution in [3.8, 4) is 11.8 Å². The van der Waals surface area contributed by atoms with Crippen LogP contribution in [0.15, 0.2) is 12.1 Å². The van der Waals surface area contributed by atoms with Crippen molar-refractivity contribution in [2.24, 2.45) is 0 Å². The Hall–Kier alpha value is -0.860. The normalized spacial score (nSPS) is 23.9. The van der Waals surface area contributed by atoms with E-state index < -0.39 is 0 Å². The average Bonchev–Trinajstić information content (AvgIpc) is 2.76. The van der Waals surface area contributed by atoms with Crippen molar-refractivity contribution in [3.63, 3.8) is 0 Å². The molecule has 19 heavy (non-hydrogen) atoms. The third-order valence-electron chi connectivity index (χ3n) is 2.98. The van der Waals surface area contributed by atoms with Gasteiger partial charge >= 0.3 is 0 Å². The van der Waals surface area contributed by atoms with E-state index in [2.05, 4.69) is 42.7 Å². The van der Waals surface area contributed by atoms with Crippen LogP contribution in [-0.2, 0) is 11.3 Å². The first-order valence-electron chi connectivity index (χ1n) is 6.73. The number of aliphatic hydroxyl groups excluding tert-OH is 1. The number of ether oxygens (including phenoxy) is 1. The van der Waals surface area contributed by atoms with Crippen molar-refractivity contribution in [2.45, 2.75) is 39.0 Å². The molecule has 1 aromatic rings. The molecule has 3 nitrogen and oxygen atoms in total. The molecule has 4 heteroatoms. The number of rotatable bonds is 3. The Morgan fingerprint density at radius 2 is 2.11 bits per heavy atom. The molecule has 2 rings (SSSR count). The zero-order valence-corrected chi connectivity index (χ0v) is 12.4. The summed E-state index contributed by atoms with van der Waals surface area (Å²) in [4.78, 5) is 4.86. The first-order chi connectivity index (χ1) is 9.17. The minimum absolute atomic E-state index is 0.134. The highest BCUT2D eigenvalue weighted by molar-refractivity contribution is 7.12. The monoisotopic (exact) mass is 279 g/mol. The molecule has 0 spiro atoms. The lowest BCUT2D eigenvalue weighted by Crippen LogP contribution is -2.44. The molecule has 104 valence electrons. The number of nitrogens with zero attached hydrogens (tertiary/aromatic N) is 1. The molecule has 1 aliphatic rings. The van der Waals surface area contributed by atoms with Crippen LogP contribution in [0.1, 0.15) is 30.0 Å². The number of thiophene rings is 1. The van der Waals surface area contributed by atoms with Gasteiger partial charge in [-0.1, -0.05) is 11.8 Å². The maximum Gasteiger partial charge on any atom is 0.0771 e. The van der Waals surface area contributed by atoms with Crippen LogP contribution < -0.4 is 0 Å². The van der Waals surface area contributed by atoms with Gasteiger partial charge in [0.2, 0.25) is 0 Å². The van der Waals surface area contributed by atoms with Gasteiger partial charge < -0.3 is 9.84 Å². The second kappa shape index (κ2) is 7.06. The van der Waals surface area contributed by atoms with Crippen molar-refractivity contribution in [2.75, 3.05) is 19.7 Å². The van der Waals surface area contributed by atoms with E-state index in [-0.39, 0.29) is 6.61 Å². The molecule has 1 fully saturated rings. The van der Waals surface area contributed by atoms with Gasteiger partial charge in [-0.3, -0.25) is 4.90 Å². The third-order valence-corrected chi connectivity index (χ3v) is 3.97. The van der Waals surface area contributed by atoms with E-state index in [1.807, 2.05) is 0 Å². The number of hydrogen-bond acceptors (Lipinski definition) is 4. The second-order valence-electron chi connectivity index (χ2n) is 4.99. The molecule has 1 N–H and O–H groups in total. The first-order valence-corrected chi connectivity index (χ1v) is 7.55. The fourth-order valence-electron chi connectivity index (χ4n) is 2.37. The maximum atomic E-state index is 8.70. The van der Waals surface area contributed by atoms with Gasteiger partial charge in [-0.25, -0.2) is 0 Å². The van der Waals surface area contributed by atoms with Gasteiger partial charge in [0.05, 0.1) is 23.7 Å². The van der Waals surface area contributed by atoms with Gasteiger partial charge in [-0.2, -0.15) is 0 Å². The summed E-state index contributed by atoms with van der Waals surface area (Å²) in [5.74, 6) is 6.05. The average molecular weight is 279 g/mol. The molecule has 0 amide bonds. The van der Waals surface area contributed by atoms with Crippen LogP contribution in [0.2, 0.25) is 0 Å².